The van der Waals surface area contributed by atoms with Crippen LogP contribution in [0.5, 0.6) is 0 Å². The monoisotopic (exact) mass is 157 g/mol. The van der Waals surface area contributed by atoms with Gasteiger partial charge in [0.25, 0.3) is 0 Å². The van der Waals surface area contributed by atoms with E-state index in [1.807, 2.05) is 0 Å². The minimum absolute atomic E-state index is 0.375. The first kappa shape index (κ1) is 11.0. The molecular formula is C10H23N. The summed E-state index contributed by atoms with van der Waals surface area (Å²) in [7, 11) is 0. The van der Waals surface area contributed by atoms with Crippen molar-refractivity contribution in [3.63, 3.8) is 0 Å². The highest BCUT2D eigenvalue weighted by Crippen LogP contribution is 2.23. The zero-order valence-corrected chi connectivity index (χ0v) is 8.65. The van der Waals surface area contributed by atoms with Gasteiger partial charge in [0, 0.05) is 6.04 Å². The van der Waals surface area contributed by atoms with Crippen LogP contribution in [-0.2, 0) is 0 Å². The second kappa shape index (κ2) is 4.10. The van der Waals surface area contributed by atoms with Crippen molar-refractivity contribution in [3.8, 4) is 0 Å². The third kappa shape index (κ3) is 5.25. The molecule has 0 amide bonds. The van der Waals surface area contributed by atoms with Crippen LogP contribution in [0.2, 0.25) is 0 Å². The minimum atomic E-state index is 0.375. The SMILES string of the molecule is CCC(C)C(N)CC(C)(C)C. The van der Waals surface area contributed by atoms with E-state index in [0.717, 1.165) is 6.42 Å². The van der Waals surface area contributed by atoms with Crippen molar-refractivity contribution in [1.29, 1.82) is 0 Å². The fourth-order valence-corrected chi connectivity index (χ4v) is 1.21. The fourth-order valence-electron chi connectivity index (χ4n) is 1.21. The van der Waals surface area contributed by atoms with E-state index in [0.29, 0.717) is 17.4 Å². The van der Waals surface area contributed by atoms with E-state index in [9.17, 15) is 0 Å². The van der Waals surface area contributed by atoms with Gasteiger partial charge in [0.2, 0.25) is 0 Å². The summed E-state index contributed by atoms with van der Waals surface area (Å²) in [5, 5.41) is 0. The van der Waals surface area contributed by atoms with Gasteiger partial charge in [0.15, 0.2) is 0 Å². The normalized spacial score (nSPS) is 18.0. The molecule has 0 aromatic rings. The molecule has 0 aliphatic rings. The lowest BCUT2D eigenvalue weighted by molar-refractivity contribution is 0.289. The van der Waals surface area contributed by atoms with E-state index >= 15 is 0 Å². The summed E-state index contributed by atoms with van der Waals surface area (Å²) in [5.74, 6) is 0.661. The zero-order chi connectivity index (χ0) is 9.07. The maximum absolute atomic E-state index is 6.01. The Labute approximate surface area is 71.4 Å². The first-order valence-corrected chi connectivity index (χ1v) is 4.62. The largest absolute Gasteiger partial charge is 0.327 e. The molecule has 11 heavy (non-hydrogen) atoms. The highest BCUT2D eigenvalue weighted by molar-refractivity contribution is 4.74. The second-order valence-electron chi connectivity index (χ2n) is 4.81. The van der Waals surface area contributed by atoms with Crippen molar-refractivity contribution < 1.29 is 0 Å². The minimum Gasteiger partial charge on any atom is -0.327 e. The molecule has 2 atom stereocenters. The molecule has 1 heteroatoms. The Hall–Kier alpha value is -0.0400. The van der Waals surface area contributed by atoms with Crippen LogP contribution in [0.3, 0.4) is 0 Å². The average molecular weight is 157 g/mol. The predicted octanol–water partition coefficient (Wildman–Crippen LogP) is 2.80. The summed E-state index contributed by atoms with van der Waals surface area (Å²) in [4.78, 5) is 0. The number of hydrogen-bond donors (Lipinski definition) is 1. The summed E-state index contributed by atoms with van der Waals surface area (Å²) in [6.45, 7) is 11.2. The molecular weight excluding hydrogens is 134 g/mol. The summed E-state index contributed by atoms with van der Waals surface area (Å²) in [6, 6.07) is 0.375. The second-order valence-corrected chi connectivity index (χ2v) is 4.81. The van der Waals surface area contributed by atoms with Crippen LogP contribution in [0.1, 0.15) is 47.5 Å². The van der Waals surface area contributed by atoms with E-state index in [2.05, 4.69) is 34.6 Å². The lowest BCUT2D eigenvalue weighted by Crippen LogP contribution is -2.32. The van der Waals surface area contributed by atoms with Crippen LogP contribution in [0.15, 0.2) is 0 Å². The fraction of sp³-hybridized carbons (Fsp3) is 1.00. The molecule has 0 aromatic carbocycles. The molecule has 68 valence electrons. The first-order valence-electron chi connectivity index (χ1n) is 4.62. The van der Waals surface area contributed by atoms with E-state index in [-0.39, 0.29) is 0 Å². The van der Waals surface area contributed by atoms with Gasteiger partial charge in [-0.2, -0.15) is 0 Å². The van der Waals surface area contributed by atoms with E-state index < -0.39 is 0 Å². The Kier molecular flexibility index (Phi) is 4.09. The van der Waals surface area contributed by atoms with E-state index in [1.165, 1.54) is 6.42 Å². The van der Waals surface area contributed by atoms with E-state index in [4.69, 9.17) is 5.73 Å². The predicted molar refractivity (Wildman–Crippen MR) is 51.5 cm³/mol. The maximum atomic E-state index is 6.01. The van der Waals surface area contributed by atoms with Crippen molar-refractivity contribution >= 4 is 0 Å². The molecule has 0 aliphatic heterocycles. The quantitative estimate of drug-likeness (QED) is 0.670. The Bertz CT molecular complexity index is 102. The molecule has 2 unspecified atom stereocenters. The van der Waals surface area contributed by atoms with Crippen LogP contribution < -0.4 is 5.73 Å². The van der Waals surface area contributed by atoms with Gasteiger partial charge in [-0.05, 0) is 17.8 Å². The van der Waals surface area contributed by atoms with Crippen LogP contribution in [0.25, 0.3) is 0 Å². The Balaban J connectivity index is 3.77. The summed E-state index contributed by atoms with van der Waals surface area (Å²) < 4.78 is 0. The molecule has 2 N–H and O–H groups in total. The Morgan fingerprint density at radius 3 is 2.00 bits per heavy atom. The van der Waals surface area contributed by atoms with Crippen LogP contribution in [0, 0.1) is 11.3 Å². The zero-order valence-electron chi connectivity index (χ0n) is 8.65. The smallest absolute Gasteiger partial charge is 0.00694 e. The lowest BCUT2D eigenvalue weighted by atomic mass is 9.83. The van der Waals surface area contributed by atoms with Crippen molar-refractivity contribution in [3.05, 3.63) is 0 Å². The summed E-state index contributed by atoms with van der Waals surface area (Å²) in [5.41, 5.74) is 6.39. The molecule has 0 bridgehead atoms. The maximum Gasteiger partial charge on any atom is 0.00694 e. The summed E-state index contributed by atoms with van der Waals surface area (Å²) in [6.07, 6.45) is 2.32. The van der Waals surface area contributed by atoms with Gasteiger partial charge in [0.1, 0.15) is 0 Å². The number of rotatable bonds is 3. The topological polar surface area (TPSA) is 26.0 Å². The lowest BCUT2D eigenvalue weighted by Gasteiger charge is -2.26. The van der Waals surface area contributed by atoms with Gasteiger partial charge in [0.05, 0.1) is 0 Å². The Morgan fingerprint density at radius 1 is 1.27 bits per heavy atom. The van der Waals surface area contributed by atoms with Crippen molar-refractivity contribution in [2.75, 3.05) is 0 Å². The molecule has 0 heterocycles. The third-order valence-electron chi connectivity index (χ3n) is 2.22. The molecule has 0 spiro atoms. The molecule has 0 rings (SSSR count). The summed E-state index contributed by atoms with van der Waals surface area (Å²) >= 11 is 0. The molecule has 0 saturated heterocycles. The van der Waals surface area contributed by atoms with Gasteiger partial charge < -0.3 is 5.73 Å². The van der Waals surface area contributed by atoms with Gasteiger partial charge >= 0.3 is 0 Å². The van der Waals surface area contributed by atoms with Crippen molar-refractivity contribution in [2.24, 2.45) is 17.1 Å². The highest BCUT2D eigenvalue weighted by Gasteiger charge is 2.18. The molecule has 1 nitrogen and oxygen atoms in total. The van der Waals surface area contributed by atoms with E-state index in [1.54, 1.807) is 0 Å². The van der Waals surface area contributed by atoms with Crippen LogP contribution in [-0.4, -0.2) is 6.04 Å². The van der Waals surface area contributed by atoms with Crippen molar-refractivity contribution in [2.45, 2.75) is 53.5 Å². The molecule has 0 aliphatic carbocycles. The van der Waals surface area contributed by atoms with Crippen LogP contribution >= 0.6 is 0 Å². The number of nitrogens with two attached hydrogens (primary N) is 1. The van der Waals surface area contributed by atoms with Gasteiger partial charge in [-0.1, -0.05) is 41.0 Å². The van der Waals surface area contributed by atoms with Gasteiger partial charge in [-0.25, -0.2) is 0 Å². The standard InChI is InChI=1S/C10H23N/c1-6-8(2)9(11)7-10(3,4)5/h8-9H,6-7,11H2,1-5H3. The highest BCUT2D eigenvalue weighted by atomic mass is 14.6. The third-order valence-corrected chi connectivity index (χ3v) is 2.22. The first-order chi connectivity index (χ1) is 4.87. The molecule has 0 aromatic heterocycles. The van der Waals surface area contributed by atoms with Gasteiger partial charge in [-0.3, -0.25) is 0 Å². The molecule has 0 fully saturated rings. The van der Waals surface area contributed by atoms with Gasteiger partial charge in [-0.15, -0.1) is 0 Å². The molecule has 0 radical (unpaired) electrons. The molecule has 0 saturated carbocycles. The van der Waals surface area contributed by atoms with Crippen molar-refractivity contribution in [1.82, 2.24) is 0 Å². The van der Waals surface area contributed by atoms with Crippen LogP contribution in [0.4, 0.5) is 0 Å². The average Bonchev–Trinajstić information content (AvgIpc) is 1.82. The number of hydrogen-bond acceptors (Lipinski definition) is 1. The Morgan fingerprint density at radius 2 is 1.73 bits per heavy atom.